The number of allylic oxidation sites excluding steroid dienone is 2. The number of aliphatic hydroxyl groups excluding tert-OH is 2. The summed E-state index contributed by atoms with van der Waals surface area (Å²) in [5.41, 5.74) is -0.822. The molecule has 4 rings (SSSR count). The first-order valence-corrected chi connectivity index (χ1v) is 13.8. The summed E-state index contributed by atoms with van der Waals surface area (Å²) in [6.45, 7) is 17.2. The minimum absolute atomic E-state index is 0.00112. The first-order valence-electron chi connectivity index (χ1n) is 13.8. The van der Waals surface area contributed by atoms with Gasteiger partial charge in [0.15, 0.2) is 0 Å². The number of aliphatic hydroxyl groups is 3. The van der Waals surface area contributed by atoms with Crippen LogP contribution < -0.4 is 0 Å². The van der Waals surface area contributed by atoms with Crippen LogP contribution in [0, 0.1) is 45.3 Å². The van der Waals surface area contributed by atoms with Gasteiger partial charge in [-0.1, -0.05) is 46.3 Å². The summed E-state index contributed by atoms with van der Waals surface area (Å²) < 4.78 is 0. The first kappa shape index (κ1) is 26.4. The van der Waals surface area contributed by atoms with Crippen LogP contribution in [-0.4, -0.2) is 38.9 Å². The Kier molecular flexibility index (Phi) is 6.32. The summed E-state index contributed by atoms with van der Waals surface area (Å²) in [6.07, 6.45) is 7.37. The molecule has 0 radical (unpaired) electrons. The van der Waals surface area contributed by atoms with Gasteiger partial charge in [0.05, 0.1) is 17.8 Å². The van der Waals surface area contributed by atoms with Crippen LogP contribution in [0.5, 0.6) is 0 Å². The monoisotopic (exact) mass is 474 g/mol. The lowest BCUT2D eigenvalue weighted by Crippen LogP contribution is -2.69. The fourth-order valence-electron chi connectivity index (χ4n) is 9.93. The lowest BCUT2D eigenvalue weighted by Gasteiger charge is -2.69. The van der Waals surface area contributed by atoms with Crippen LogP contribution in [0.2, 0.25) is 0 Å². The van der Waals surface area contributed by atoms with Crippen LogP contribution in [0.25, 0.3) is 0 Å². The minimum Gasteiger partial charge on any atom is -0.393 e. The topological polar surface area (TPSA) is 77.8 Å². The fraction of sp³-hybridized carbons (Fsp3) is 0.900. The van der Waals surface area contributed by atoms with E-state index >= 15 is 0 Å². The Morgan fingerprint density at radius 2 is 1.71 bits per heavy atom. The molecule has 0 spiro atoms. The molecule has 0 heterocycles. The standard InChI is InChI=1S/C30H50O4/c1-18(2)10-9-13-29(7,34)19-11-15-28(6)25(19)20(31)16-22-27(5)14-12-23(32)26(3,4)21(27)17-24(33)30(22,28)8/h10,19-23,25,31-32,34H,9,11-17H2,1-8H3/t19-,20+,21?,22?,23-,25?,27-,28+,29-,30-/m0/s1. The van der Waals surface area contributed by atoms with E-state index in [0.29, 0.717) is 25.0 Å². The summed E-state index contributed by atoms with van der Waals surface area (Å²) in [6, 6.07) is 0. The Labute approximate surface area is 207 Å². The maximum absolute atomic E-state index is 14.2. The molecule has 4 fully saturated rings. The van der Waals surface area contributed by atoms with Gasteiger partial charge in [-0.05, 0) is 106 Å². The number of rotatable bonds is 4. The molecule has 4 aliphatic carbocycles. The van der Waals surface area contributed by atoms with Crippen molar-refractivity contribution in [1.82, 2.24) is 0 Å². The third-order valence-electron chi connectivity index (χ3n) is 12.2. The molecule has 0 aromatic carbocycles. The van der Waals surface area contributed by atoms with Crippen molar-refractivity contribution in [3.63, 3.8) is 0 Å². The first-order chi connectivity index (χ1) is 15.5. The lowest BCUT2D eigenvalue weighted by atomic mass is 9.34. The van der Waals surface area contributed by atoms with Crippen LogP contribution in [0.4, 0.5) is 0 Å². The van der Waals surface area contributed by atoms with Gasteiger partial charge in [-0.3, -0.25) is 4.79 Å². The third kappa shape index (κ3) is 3.44. The van der Waals surface area contributed by atoms with Gasteiger partial charge in [0, 0.05) is 11.8 Å². The Morgan fingerprint density at radius 3 is 2.32 bits per heavy atom. The minimum atomic E-state index is -0.861. The van der Waals surface area contributed by atoms with E-state index < -0.39 is 17.1 Å². The van der Waals surface area contributed by atoms with E-state index in [9.17, 15) is 20.1 Å². The Bertz CT molecular complexity index is 854. The van der Waals surface area contributed by atoms with Gasteiger partial charge < -0.3 is 15.3 Å². The zero-order valence-electron chi connectivity index (χ0n) is 22.9. The summed E-state index contributed by atoms with van der Waals surface area (Å²) in [4.78, 5) is 14.2. The zero-order chi connectivity index (χ0) is 25.5. The maximum Gasteiger partial charge on any atom is 0.139 e. The van der Waals surface area contributed by atoms with Crippen molar-refractivity contribution in [2.75, 3.05) is 0 Å². The number of fused-ring (bicyclic) bond motifs is 5. The number of carbonyl (C=O) groups is 1. The molecule has 3 N–H and O–H groups in total. The molecule has 0 aromatic heterocycles. The second-order valence-corrected chi connectivity index (χ2v) is 14.4. The van der Waals surface area contributed by atoms with E-state index in [1.807, 2.05) is 6.92 Å². The summed E-state index contributed by atoms with van der Waals surface area (Å²) in [7, 11) is 0. The average Bonchev–Trinajstić information content (AvgIpc) is 3.10. The predicted octanol–water partition coefficient (Wildman–Crippen LogP) is 5.68. The molecule has 0 amide bonds. The molecule has 0 bridgehead atoms. The van der Waals surface area contributed by atoms with Crippen molar-refractivity contribution in [2.24, 2.45) is 45.3 Å². The van der Waals surface area contributed by atoms with Gasteiger partial charge >= 0.3 is 0 Å². The van der Waals surface area contributed by atoms with Crippen molar-refractivity contribution >= 4 is 5.78 Å². The van der Waals surface area contributed by atoms with Crippen LogP contribution in [-0.2, 0) is 4.79 Å². The summed E-state index contributed by atoms with van der Waals surface area (Å²) >= 11 is 0. The molecular weight excluding hydrogens is 424 g/mol. The Hall–Kier alpha value is -0.710. The molecule has 0 aromatic rings. The average molecular weight is 475 g/mol. The van der Waals surface area contributed by atoms with E-state index in [2.05, 4.69) is 54.5 Å². The molecular formula is C30H50O4. The number of hydrogen-bond donors (Lipinski definition) is 3. The van der Waals surface area contributed by atoms with Gasteiger partial charge in [0.2, 0.25) is 0 Å². The molecule has 10 atom stereocenters. The van der Waals surface area contributed by atoms with Gasteiger partial charge in [0.1, 0.15) is 5.78 Å². The van der Waals surface area contributed by atoms with Crippen molar-refractivity contribution in [3.05, 3.63) is 11.6 Å². The SMILES string of the molecule is CC(C)=CCC[C@](C)(O)[C@H]1CC[C@]2(C)C1[C@H](O)CC1[C@@]3(C)CC[C@H](O)C(C)(C)C3CC(=O)[C@]12C. The maximum atomic E-state index is 14.2. The van der Waals surface area contributed by atoms with Crippen LogP contribution in [0.3, 0.4) is 0 Å². The molecule has 0 saturated heterocycles. The molecule has 4 heteroatoms. The summed E-state index contributed by atoms with van der Waals surface area (Å²) in [5.74, 6) is 0.488. The zero-order valence-corrected chi connectivity index (χ0v) is 22.9. The molecule has 3 unspecified atom stereocenters. The second-order valence-electron chi connectivity index (χ2n) is 14.4. The quantitative estimate of drug-likeness (QED) is 0.458. The fourth-order valence-corrected chi connectivity index (χ4v) is 9.93. The molecule has 4 saturated carbocycles. The lowest BCUT2D eigenvalue weighted by molar-refractivity contribution is -0.235. The van der Waals surface area contributed by atoms with Crippen molar-refractivity contribution in [1.29, 1.82) is 0 Å². The number of carbonyl (C=O) groups excluding carboxylic acids is 1. The van der Waals surface area contributed by atoms with Crippen LogP contribution in [0.15, 0.2) is 11.6 Å². The Morgan fingerprint density at radius 1 is 1.06 bits per heavy atom. The van der Waals surface area contributed by atoms with Gasteiger partial charge in [-0.25, -0.2) is 0 Å². The molecule has 194 valence electrons. The smallest absolute Gasteiger partial charge is 0.139 e. The molecule has 4 nitrogen and oxygen atoms in total. The van der Waals surface area contributed by atoms with E-state index in [1.54, 1.807) is 0 Å². The van der Waals surface area contributed by atoms with E-state index in [-0.39, 0.29) is 46.0 Å². The highest BCUT2D eigenvalue weighted by Gasteiger charge is 2.74. The van der Waals surface area contributed by atoms with Gasteiger partial charge in [-0.2, -0.15) is 0 Å². The molecule has 0 aliphatic heterocycles. The number of hydrogen-bond acceptors (Lipinski definition) is 4. The highest BCUT2D eigenvalue weighted by atomic mass is 16.3. The predicted molar refractivity (Wildman–Crippen MR) is 136 cm³/mol. The van der Waals surface area contributed by atoms with Gasteiger partial charge in [0.25, 0.3) is 0 Å². The molecule has 4 aliphatic rings. The number of Topliss-reactive ketones (excluding diaryl/α,β-unsaturated/α-hetero) is 1. The van der Waals surface area contributed by atoms with Crippen molar-refractivity contribution in [3.8, 4) is 0 Å². The second kappa shape index (κ2) is 8.15. The van der Waals surface area contributed by atoms with Crippen LogP contribution >= 0.6 is 0 Å². The van der Waals surface area contributed by atoms with E-state index in [0.717, 1.165) is 32.1 Å². The van der Waals surface area contributed by atoms with E-state index in [4.69, 9.17) is 0 Å². The molecule has 34 heavy (non-hydrogen) atoms. The van der Waals surface area contributed by atoms with Crippen LogP contribution in [0.1, 0.15) is 107 Å². The third-order valence-corrected chi connectivity index (χ3v) is 12.2. The van der Waals surface area contributed by atoms with Crippen molar-refractivity contribution < 1.29 is 20.1 Å². The van der Waals surface area contributed by atoms with Crippen molar-refractivity contribution in [2.45, 2.75) is 125 Å². The summed E-state index contributed by atoms with van der Waals surface area (Å²) in [5, 5.41) is 34.2. The largest absolute Gasteiger partial charge is 0.393 e. The van der Waals surface area contributed by atoms with E-state index in [1.165, 1.54) is 5.57 Å². The highest BCUT2D eigenvalue weighted by molar-refractivity contribution is 5.87. The van der Waals surface area contributed by atoms with Gasteiger partial charge in [-0.15, -0.1) is 0 Å². The normalized spacial score (nSPS) is 49.4. The Balaban J connectivity index is 1.72. The highest BCUT2D eigenvalue weighted by Crippen LogP contribution is 2.74. The number of ketones is 1.